The zero-order valence-electron chi connectivity index (χ0n) is 8.63. The third-order valence-corrected chi connectivity index (χ3v) is 2.84. The molecule has 1 amide bonds. The molecule has 0 saturated carbocycles. The third kappa shape index (κ3) is 3.16. The van der Waals surface area contributed by atoms with Gasteiger partial charge in [0.15, 0.2) is 0 Å². The maximum atomic E-state index is 12.2. The number of rotatable bonds is 3. The van der Waals surface area contributed by atoms with E-state index in [1.165, 1.54) is 0 Å². The van der Waals surface area contributed by atoms with E-state index in [2.05, 4.69) is 15.5 Å². The first-order valence-corrected chi connectivity index (χ1v) is 5.37. The molecule has 1 atom stereocenters. The third-order valence-electron chi connectivity index (χ3n) is 1.96. The molecule has 0 spiro atoms. The Hall–Kier alpha value is -1.18. The van der Waals surface area contributed by atoms with Gasteiger partial charge in [-0.05, 0) is 6.42 Å². The van der Waals surface area contributed by atoms with Gasteiger partial charge in [-0.25, -0.2) is 0 Å². The molecule has 16 heavy (non-hydrogen) atoms. The van der Waals surface area contributed by atoms with Gasteiger partial charge < -0.3 is 5.32 Å². The minimum Gasteiger partial charge on any atom is -0.300 e. The molecule has 0 aliphatic carbocycles. The zero-order valence-corrected chi connectivity index (χ0v) is 9.45. The summed E-state index contributed by atoms with van der Waals surface area (Å²) >= 11 is 0.317. The monoisotopic (exact) mass is 253 g/mol. The molecule has 0 aliphatic rings. The molecule has 0 aliphatic heterocycles. The molecule has 0 saturated heterocycles. The van der Waals surface area contributed by atoms with Crippen molar-refractivity contribution in [2.45, 2.75) is 26.4 Å². The maximum absolute atomic E-state index is 12.2. The molecule has 1 aromatic rings. The topological polar surface area (TPSA) is 54.9 Å². The van der Waals surface area contributed by atoms with Crippen LogP contribution in [0.3, 0.4) is 0 Å². The van der Waals surface area contributed by atoms with Crippen LogP contribution >= 0.6 is 11.3 Å². The highest BCUT2D eigenvalue weighted by atomic mass is 32.1. The maximum Gasteiger partial charge on any atom is 0.445 e. The fourth-order valence-electron chi connectivity index (χ4n) is 0.802. The van der Waals surface area contributed by atoms with E-state index in [1.54, 1.807) is 6.92 Å². The number of hydrogen-bond donors (Lipinski definition) is 1. The minimum absolute atomic E-state index is 0.127. The highest BCUT2D eigenvalue weighted by Crippen LogP contribution is 2.33. The Kier molecular flexibility index (Phi) is 3.84. The Bertz CT molecular complexity index is 377. The summed E-state index contributed by atoms with van der Waals surface area (Å²) in [5, 5.41) is 7.31. The fraction of sp³-hybridized carbons (Fsp3) is 0.625. The van der Waals surface area contributed by atoms with Gasteiger partial charge in [-0.3, -0.25) is 4.79 Å². The van der Waals surface area contributed by atoms with Crippen LogP contribution in [-0.2, 0) is 11.0 Å². The summed E-state index contributed by atoms with van der Waals surface area (Å²) in [6.07, 6.45) is -3.91. The van der Waals surface area contributed by atoms with Crippen LogP contribution in [0.4, 0.5) is 18.3 Å². The molecule has 1 heterocycles. The van der Waals surface area contributed by atoms with Gasteiger partial charge in [0.25, 0.3) is 0 Å². The molecule has 90 valence electrons. The second kappa shape index (κ2) is 4.77. The molecule has 0 unspecified atom stereocenters. The van der Waals surface area contributed by atoms with Gasteiger partial charge in [-0.1, -0.05) is 25.2 Å². The van der Waals surface area contributed by atoms with Gasteiger partial charge in [0.2, 0.25) is 16.0 Å². The number of aromatic nitrogens is 2. The summed E-state index contributed by atoms with van der Waals surface area (Å²) in [6.45, 7) is 3.49. The standard InChI is InChI=1S/C8H10F3N3OS/c1-3-4(2)5(15)12-7-14-13-6(16-7)8(9,10)11/h4H,3H2,1-2H3,(H,12,14,15)/t4-/m0/s1. The zero-order chi connectivity index (χ0) is 12.3. The van der Waals surface area contributed by atoms with Crippen molar-refractivity contribution in [1.29, 1.82) is 0 Å². The predicted molar refractivity (Wildman–Crippen MR) is 53.0 cm³/mol. The minimum atomic E-state index is -4.52. The van der Waals surface area contributed by atoms with Crippen LogP contribution in [0.2, 0.25) is 0 Å². The Morgan fingerprint density at radius 1 is 1.50 bits per heavy atom. The van der Waals surface area contributed by atoms with Crippen molar-refractivity contribution in [2.75, 3.05) is 5.32 Å². The van der Waals surface area contributed by atoms with Crippen molar-refractivity contribution < 1.29 is 18.0 Å². The average molecular weight is 253 g/mol. The summed E-state index contributed by atoms with van der Waals surface area (Å²) < 4.78 is 36.5. The van der Waals surface area contributed by atoms with Crippen LogP contribution in [-0.4, -0.2) is 16.1 Å². The van der Waals surface area contributed by atoms with Gasteiger partial charge in [0.1, 0.15) is 0 Å². The quantitative estimate of drug-likeness (QED) is 0.900. The number of anilines is 1. The van der Waals surface area contributed by atoms with Gasteiger partial charge in [0, 0.05) is 5.92 Å². The first-order valence-electron chi connectivity index (χ1n) is 4.56. The number of carbonyl (C=O) groups is 1. The van der Waals surface area contributed by atoms with Crippen molar-refractivity contribution in [1.82, 2.24) is 10.2 Å². The summed E-state index contributed by atoms with van der Waals surface area (Å²) in [5.74, 6) is -0.620. The fourth-order valence-corrected chi connectivity index (χ4v) is 1.42. The smallest absolute Gasteiger partial charge is 0.300 e. The average Bonchev–Trinajstić information content (AvgIpc) is 2.64. The van der Waals surface area contributed by atoms with Crippen molar-refractivity contribution >= 4 is 22.4 Å². The Balaban J connectivity index is 2.70. The molecule has 0 fully saturated rings. The molecule has 0 aromatic carbocycles. The van der Waals surface area contributed by atoms with Crippen molar-refractivity contribution in [3.05, 3.63) is 5.01 Å². The van der Waals surface area contributed by atoms with Crippen LogP contribution in [0.1, 0.15) is 25.3 Å². The summed E-state index contributed by atoms with van der Waals surface area (Å²) in [6, 6.07) is 0. The van der Waals surface area contributed by atoms with Gasteiger partial charge in [-0.15, -0.1) is 10.2 Å². The van der Waals surface area contributed by atoms with Crippen LogP contribution in [0, 0.1) is 5.92 Å². The van der Waals surface area contributed by atoms with Gasteiger partial charge in [-0.2, -0.15) is 13.2 Å². The van der Waals surface area contributed by atoms with Crippen molar-refractivity contribution in [3.63, 3.8) is 0 Å². The Morgan fingerprint density at radius 3 is 2.56 bits per heavy atom. The molecular formula is C8H10F3N3OS. The van der Waals surface area contributed by atoms with E-state index in [0.29, 0.717) is 17.8 Å². The molecule has 1 N–H and O–H groups in total. The molecule has 1 aromatic heterocycles. The predicted octanol–water partition coefficient (Wildman–Crippen LogP) is 2.54. The van der Waals surface area contributed by atoms with Crippen LogP contribution in [0.5, 0.6) is 0 Å². The SMILES string of the molecule is CC[C@H](C)C(=O)Nc1nnc(C(F)(F)F)s1. The first kappa shape index (κ1) is 12.9. The van der Waals surface area contributed by atoms with E-state index in [0.717, 1.165) is 0 Å². The van der Waals surface area contributed by atoms with Crippen LogP contribution in [0.25, 0.3) is 0 Å². The van der Waals surface area contributed by atoms with Crippen molar-refractivity contribution in [3.8, 4) is 0 Å². The number of nitrogens with one attached hydrogen (secondary N) is 1. The molecule has 0 radical (unpaired) electrons. The number of halogens is 3. The molecule has 1 rings (SSSR count). The number of amides is 1. The summed E-state index contributed by atoms with van der Waals surface area (Å²) in [5.41, 5.74) is 0. The summed E-state index contributed by atoms with van der Waals surface area (Å²) in [4.78, 5) is 11.3. The lowest BCUT2D eigenvalue weighted by molar-refractivity contribution is -0.138. The lowest BCUT2D eigenvalue weighted by atomic mass is 10.1. The lowest BCUT2D eigenvalue weighted by Gasteiger charge is -2.06. The van der Waals surface area contributed by atoms with E-state index in [1.807, 2.05) is 6.92 Å². The van der Waals surface area contributed by atoms with Crippen molar-refractivity contribution in [2.24, 2.45) is 5.92 Å². The van der Waals surface area contributed by atoms with Gasteiger partial charge in [0.05, 0.1) is 0 Å². The van der Waals surface area contributed by atoms with E-state index >= 15 is 0 Å². The lowest BCUT2D eigenvalue weighted by Crippen LogP contribution is -2.19. The number of alkyl halides is 3. The summed E-state index contributed by atoms with van der Waals surface area (Å²) in [7, 11) is 0. The second-order valence-electron chi connectivity index (χ2n) is 3.21. The van der Waals surface area contributed by atoms with E-state index in [-0.39, 0.29) is 17.0 Å². The largest absolute Gasteiger partial charge is 0.445 e. The molecule has 4 nitrogen and oxygen atoms in total. The molecular weight excluding hydrogens is 243 g/mol. The Morgan fingerprint density at radius 2 is 2.12 bits per heavy atom. The highest BCUT2D eigenvalue weighted by Gasteiger charge is 2.35. The van der Waals surface area contributed by atoms with E-state index in [9.17, 15) is 18.0 Å². The first-order chi connectivity index (χ1) is 7.34. The van der Waals surface area contributed by atoms with E-state index < -0.39 is 11.2 Å². The van der Waals surface area contributed by atoms with Crippen LogP contribution in [0.15, 0.2) is 0 Å². The number of nitrogens with zero attached hydrogens (tertiary/aromatic N) is 2. The molecule has 8 heteroatoms. The number of carbonyl (C=O) groups excluding carboxylic acids is 1. The van der Waals surface area contributed by atoms with Crippen LogP contribution < -0.4 is 5.32 Å². The van der Waals surface area contributed by atoms with E-state index in [4.69, 9.17) is 0 Å². The van der Waals surface area contributed by atoms with Gasteiger partial charge >= 0.3 is 6.18 Å². The normalized spacial score (nSPS) is 13.6. The highest BCUT2D eigenvalue weighted by molar-refractivity contribution is 7.15. The Labute approximate surface area is 93.9 Å². The second-order valence-corrected chi connectivity index (χ2v) is 4.19. The number of hydrogen-bond acceptors (Lipinski definition) is 4. The molecule has 0 bridgehead atoms.